The fourth-order valence-corrected chi connectivity index (χ4v) is 3.00. The molecule has 0 aliphatic rings. The van der Waals surface area contributed by atoms with Crippen molar-refractivity contribution in [2.75, 3.05) is 19.4 Å². The zero-order valence-electron chi connectivity index (χ0n) is 11.0. The maximum absolute atomic E-state index is 9.79. The van der Waals surface area contributed by atoms with Gasteiger partial charge in [-0.1, -0.05) is 42.1 Å². The molecular weight excluding hydrogens is 258 g/mol. The quantitative estimate of drug-likeness (QED) is 0.677. The van der Waals surface area contributed by atoms with Crippen molar-refractivity contribution in [2.45, 2.75) is 17.1 Å². The van der Waals surface area contributed by atoms with Gasteiger partial charge in [0.2, 0.25) is 0 Å². The predicted molar refractivity (Wildman–Crippen MR) is 78.2 cm³/mol. The summed E-state index contributed by atoms with van der Waals surface area (Å²) in [6, 6.07) is 10.1. The first kappa shape index (κ1) is 14.1. The van der Waals surface area contributed by atoms with E-state index in [4.69, 9.17) is 0 Å². The lowest BCUT2D eigenvalue weighted by molar-refractivity contribution is 0.165. The number of aliphatic hydroxyl groups excluding tert-OH is 1. The normalized spacial score (nSPS) is 14.2. The second kappa shape index (κ2) is 6.75. The van der Waals surface area contributed by atoms with E-state index < -0.39 is 0 Å². The van der Waals surface area contributed by atoms with Crippen LogP contribution in [0.5, 0.6) is 0 Å². The van der Waals surface area contributed by atoms with Gasteiger partial charge in [0.25, 0.3) is 0 Å². The van der Waals surface area contributed by atoms with Crippen LogP contribution in [0, 0.1) is 0 Å². The van der Waals surface area contributed by atoms with Crippen LogP contribution >= 0.6 is 11.8 Å². The summed E-state index contributed by atoms with van der Waals surface area (Å²) in [6.45, 7) is 0.0756. The number of aromatic nitrogens is 2. The molecule has 4 nitrogen and oxygen atoms in total. The van der Waals surface area contributed by atoms with E-state index in [2.05, 4.69) is 15.3 Å². The van der Waals surface area contributed by atoms with Crippen LogP contribution in [-0.4, -0.2) is 34.5 Å². The van der Waals surface area contributed by atoms with E-state index in [1.54, 1.807) is 18.0 Å². The van der Waals surface area contributed by atoms with Crippen LogP contribution in [-0.2, 0) is 5.54 Å². The summed E-state index contributed by atoms with van der Waals surface area (Å²) in [6.07, 6.45) is 4.39. The van der Waals surface area contributed by atoms with Crippen LogP contribution < -0.4 is 5.32 Å². The largest absolute Gasteiger partial charge is 0.394 e. The monoisotopic (exact) mass is 277 g/mol. The van der Waals surface area contributed by atoms with Crippen molar-refractivity contribution >= 4 is 11.8 Å². The van der Waals surface area contributed by atoms with Crippen molar-refractivity contribution in [3.05, 3.63) is 48.3 Å². The van der Waals surface area contributed by atoms with Crippen molar-refractivity contribution in [3.63, 3.8) is 0 Å². The number of aliphatic hydroxyl groups is 1. The van der Waals surface area contributed by atoms with Crippen LogP contribution in [0.25, 0.3) is 0 Å². The molecule has 1 aromatic carbocycles. The molecule has 19 heavy (non-hydrogen) atoms. The highest BCUT2D eigenvalue weighted by atomic mass is 32.2. The van der Waals surface area contributed by atoms with Gasteiger partial charge in [-0.2, -0.15) is 0 Å². The van der Waals surface area contributed by atoms with Gasteiger partial charge in [-0.15, -0.1) is 0 Å². The minimum atomic E-state index is -0.388. The Morgan fingerprint density at radius 3 is 2.74 bits per heavy atom. The number of rotatable bonds is 7. The fourth-order valence-electron chi connectivity index (χ4n) is 2.07. The van der Waals surface area contributed by atoms with E-state index >= 15 is 0 Å². The third-order valence-corrected chi connectivity index (χ3v) is 4.22. The molecule has 0 radical (unpaired) electrons. The smallest absolute Gasteiger partial charge is 0.165 e. The minimum Gasteiger partial charge on any atom is -0.394 e. The Bertz CT molecular complexity index is 469. The van der Waals surface area contributed by atoms with Gasteiger partial charge in [0, 0.05) is 18.1 Å². The Labute approximate surface area is 117 Å². The number of H-pyrrole nitrogens is 1. The Balaban J connectivity index is 2.03. The molecule has 0 amide bonds. The van der Waals surface area contributed by atoms with Crippen molar-refractivity contribution in [3.8, 4) is 0 Å². The molecule has 0 saturated carbocycles. The van der Waals surface area contributed by atoms with Crippen LogP contribution in [0.15, 0.2) is 47.9 Å². The van der Waals surface area contributed by atoms with Crippen molar-refractivity contribution in [1.82, 2.24) is 15.3 Å². The zero-order chi connectivity index (χ0) is 13.6. The Kier molecular flexibility index (Phi) is 5.01. The van der Waals surface area contributed by atoms with E-state index in [9.17, 15) is 5.11 Å². The number of nitrogens with zero attached hydrogens (tertiary/aromatic N) is 1. The molecule has 5 heteroatoms. The number of benzene rings is 1. The van der Waals surface area contributed by atoms with Gasteiger partial charge in [0.1, 0.15) is 0 Å². The molecule has 0 bridgehead atoms. The number of imidazole rings is 1. The zero-order valence-corrected chi connectivity index (χ0v) is 11.8. The van der Waals surface area contributed by atoms with E-state index in [0.29, 0.717) is 0 Å². The molecule has 1 unspecified atom stereocenters. The first-order valence-electron chi connectivity index (χ1n) is 6.28. The number of likely N-dealkylation sites (N-methyl/N-ethyl adjacent to an activating group) is 1. The average Bonchev–Trinajstić information content (AvgIpc) is 2.98. The molecule has 1 heterocycles. The van der Waals surface area contributed by atoms with Crippen LogP contribution in [0.1, 0.15) is 12.0 Å². The average molecular weight is 277 g/mol. The lowest BCUT2D eigenvalue weighted by Gasteiger charge is -2.32. The van der Waals surface area contributed by atoms with Gasteiger partial charge >= 0.3 is 0 Å². The summed E-state index contributed by atoms with van der Waals surface area (Å²) in [7, 11) is 1.89. The molecule has 0 fully saturated rings. The number of hydrogen-bond acceptors (Lipinski definition) is 4. The molecule has 3 N–H and O–H groups in total. The molecule has 2 rings (SSSR count). The number of thioether (sulfide) groups is 1. The van der Waals surface area contributed by atoms with Gasteiger partial charge in [-0.05, 0) is 19.0 Å². The van der Waals surface area contributed by atoms with Gasteiger partial charge in [-0.25, -0.2) is 4.98 Å². The van der Waals surface area contributed by atoms with E-state index in [1.165, 1.54) is 0 Å². The van der Waals surface area contributed by atoms with Crippen molar-refractivity contribution in [1.29, 1.82) is 0 Å². The highest BCUT2D eigenvalue weighted by molar-refractivity contribution is 7.99. The maximum Gasteiger partial charge on any atom is 0.165 e. The number of hydrogen-bond donors (Lipinski definition) is 3. The first-order chi connectivity index (χ1) is 9.30. The van der Waals surface area contributed by atoms with Crippen molar-refractivity contribution in [2.24, 2.45) is 0 Å². The predicted octanol–water partition coefficient (Wildman–Crippen LogP) is 2.00. The Morgan fingerprint density at radius 2 is 2.16 bits per heavy atom. The highest BCUT2D eigenvalue weighted by Gasteiger charge is 2.29. The molecule has 0 spiro atoms. The van der Waals surface area contributed by atoms with Crippen LogP contribution in [0.3, 0.4) is 0 Å². The van der Waals surface area contributed by atoms with Crippen LogP contribution in [0.4, 0.5) is 0 Å². The maximum atomic E-state index is 9.79. The van der Waals surface area contributed by atoms with Crippen molar-refractivity contribution < 1.29 is 5.11 Å². The third-order valence-electron chi connectivity index (χ3n) is 3.32. The fraction of sp³-hybridized carbons (Fsp3) is 0.357. The van der Waals surface area contributed by atoms with Gasteiger partial charge in [0.15, 0.2) is 5.16 Å². The molecule has 0 aliphatic carbocycles. The lowest BCUT2D eigenvalue weighted by atomic mass is 9.88. The molecule has 102 valence electrons. The second-order valence-corrected chi connectivity index (χ2v) is 5.43. The standard InChI is InChI=1S/C14H19N3OS/c1-15-14(11-18,12-5-3-2-4-6-12)7-10-19-13-16-8-9-17-13/h2-6,8-9,15,18H,7,10-11H2,1H3,(H,16,17). The molecular formula is C14H19N3OS. The topological polar surface area (TPSA) is 60.9 Å². The summed E-state index contributed by atoms with van der Waals surface area (Å²) >= 11 is 1.66. The number of nitrogens with one attached hydrogen (secondary N) is 2. The van der Waals surface area contributed by atoms with E-state index in [0.717, 1.165) is 22.9 Å². The molecule has 1 atom stereocenters. The van der Waals surface area contributed by atoms with Gasteiger partial charge < -0.3 is 15.4 Å². The first-order valence-corrected chi connectivity index (χ1v) is 7.27. The summed E-state index contributed by atoms with van der Waals surface area (Å²) in [4.78, 5) is 7.25. The lowest BCUT2D eigenvalue weighted by Crippen LogP contribution is -2.44. The van der Waals surface area contributed by atoms with Gasteiger partial charge in [0.05, 0.1) is 12.1 Å². The van der Waals surface area contributed by atoms with Crippen LogP contribution in [0.2, 0.25) is 0 Å². The van der Waals surface area contributed by atoms with Gasteiger partial charge in [-0.3, -0.25) is 0 Å². The Hall–Kier alpha value is -1.30. The molecule has 2 aromatic rings. The SMILES string of the molecule is CNC(CO)(CCSc1ncc[nH]1)c1ccccc1. The van der Waals surface area contributed by atoms with E-state index in [-0.39, 0.29) is 12.1 Å². The van der Waals surface area contributed by atoms with E-state index in [1.807, 2.05) is 43.6 Å². The highest BCUT2D eigenvalue weighted by Crippen LogP contribution is 2.27. The molecule has 0 aliphatic heterocycles. The summed E-state index contributed by atoms with van der Waals surface area (Å²) in [5.74, 6) is 0.879. The summed E-state index contributed by atoms with van der Waals surface area (Å²) in [5.41, 5.74) is 0.723. The Morgan fingerprint density at radius 1 is 1.37 bits per heavy atom. The summed E-state index contributed by atoms with van der Waals surface area (Å²) in [5, 5.41) is 14.0. The minimum absolute atomic E-state index is 0.0756. The molecule has 0 saturated heterocycles. The second-order valence-electron chi connectivity index (χ2n) is 4.35. The summed E-state index contributed by atoms with van der Waals surface area (Å²) < 4.78 is 0. The molecule has 1 aromatic heterocycles. The third kappa shape index (κ3) is 3.37. The number of aromatic amines is 1.